The van der Waals surface area contributed by atoms with Crippen LogP contribution in [0.3, 0.4) is 0 Å². The van der Waals surface area contributed by atoms with Crippen LogP contribution in [0.4, 0.5) is 4.39 Å². The van der Waals surface area contributed by atoms with Crippen LogP contribution in [0.2, 0.25) is 0 Å². The van der Waals surface area contributed by atoms with Crippen LogP contribution >= 0.6 is 0 Å². The molecule has 3 aliphatic rings. The molecule has 1 saturated carbocycles. The molecule has 1 aliphatic carbocycles. The van der Waals surface area contributed by atoms with Gasteiger partial charge in [-0.25, -0.2) is 12.8 Å². The Bertz CT molecular complexity index is 865. The van der Waals surface area contributed by atoms with Crippen molar-refractivity contribution in [1.82, 2.24) is 16.0 Å². The van der Waals surface area contributed by atoms with Gasteiger partial charge in [0, 0.05) is 19.7 Å². The van der Waals surface area contributed by atoms with Crippen LogP contribution < -0.4 is 16.0 Å². The van der Waals surface area contributed by atoms with E-state index in [0.717, 1.165) is 31.5 Å². The van der Waals surface area contributed by atoms with Gasteiger partial charge in [-0.15, -0.1) is 0 Å². The highest BCUT2D eigenvalue weighted by Crippen LogP contribution is 2.32. The molecule has 0 bridgehead atoms. The first-order valence-corrected chi connectivity index (χ1v) is 12.7. The molecule has 172 valence electrons. The average Bonchev–Trinajstić information content (AvgIpc) is 3.22. The smallest absolute Gasteiger partial charge is 0.237 e. The van der Waals surface area contributed by atoms with Gasteiger partial charge in [0.2, 0.25) is 5.91 Å². The molecule has 7 nitrogen and oxygen atoms in total. The first-order chi connectivity index (χ1) is 14.9. The summed E-state index contributed by atoms with van der Waals surface area (Å²) in [5.41, 5.74) is 0.819. The van der Waals surface area contributed by atoms with Crippen LogP contribution in [0.1, 0.15) is 37.7 Å². The van der Waals surface area contributed by atoms with Gasteiger partial charge >= 0.3 is 0 Å². The van der Waals surface area contributed by atoms with Gasteiger partial charge in [-0.05, 0) is 68.8 Å². The molecule has 4 rings (SSSR count). The number of sulfone groups is 1. The van der Waals surface area contributed by atoms with Crippen molar-refractivity contribution in [3.63, 3.8) is 0 Å². The number of hydrogen-bond acceptors (Lipinski definition) is 6. The standard InChI is InChI=1S/C22H32FN3O4S/c1-30-20-7-4-16(23)11-21(20)31(28,29)17-5-2-14(3-6-17)12-25-22(27)19-10-15-13-24-9-8-18(15)26-19/h2-3,5-6,15-16,18-21,24,26H,4,7-13H2,1H3,(H,25,27). The number of rotatable bonds is 6. The maximum Gasteiger partial charge on any atom is 0.237 e. The van der Waals surface area contributed by atoms with Gasteiger partial charge in [0.15, 0.2) is 9.84 Å². The van der Waals surface area contributed by atoms with Crippen molar-refractivity contribution < 1.29 is 22.3 Å². The SMILES string of the molecule is COC1CCC(F)CC1S(=O)(=O)c1ccc(CNC(=O)C2CC3CNCCC3N2)cc1. The highest BCUT2D eigenvalue weighted by Gasteiger charge is 2.40. The Hall–Kier alpha value is -1.55. The lowest BCUT2D eigenvalue weighted by molar-refractivity contribution is -0.123. The predicted octanol–water partition coefficient (Wildman–Crippen LogP) is 1.32. The second kappa shape index (κ2) is 9.52. The zero-order valence-electron chi connectivity index (χ0n) is 17.8. The van der Waals surface area contributed by atoms with Crippen molar-refractivity contribution in [2.45, 2.75) is 73.2 Å². The Morgan fingerprint density at radius 2 is 1.97 bits per heavy atom. The van der Waals surface area contributed by atoms with Crippen molar-refractivity contribution in [2.75, 3.05) is 20.2 Å². The van der Waals surface area contributed by atoms with E-state index in [2.05, 4.69) is 16.0 Å². The van der Waals surface area contributed by atoms with Crippen LogP contribution in [-0.2, 0) is 25.9 Å². The summed E-state index contributed by atoms with van der Waals surface area (Å²) >= 11 is 0. The Balaban J connectivity index is 1.35. The maximum absolute atomic E-state index is 13.9. The molecule has 2 heterocycles. The van der Waals surface area contributed by atoms with Gasteiger partial charge in [-0.2, -0.15) is 0 Å². The third-order valence-corrected chi connectivity index (χ3v) is 9.19. The number of hydrogen-bond donors (Lipinski definition) is 3. The number of fused-ring (bicyclic) bond motifs is 1. The fourth-order valence-electron chi connectivity index (χ4n) is 5.13. The quantitative estimate of drug-likeness (QED) is 0.601. The second-order valence-electron chi connectivity index (χ2n) is 8.94. The lowest BCUT2D eigenvalue weighted by atomic mass is 9.94. The highest BCUT2D eigenvalue weighted by molar-refractivity contribution is 7.92. The Labute approximate surface area is 183 Å². The lowest BCUT2D eigenvalue weighted by Crippen LogP contribution is -2.45. The average molecular weight is 454 g/mol. The van der Waals surface area contributed by atoms with Crippen molar-refractivity contribution in [3.8, 4) is 0 Å². The van der Waals surface area contributed by atoms with Crippen LogP contribution in [0.5, 0.6) is 0 Å². The topological polar surface area (TPSA) is 96.5 Å². The number of halogens is 1. The van der Waals surface area contributed by atoms with E-state index in [1.165, 1.54) is 7.11 Å². The van der Waals surface area contributed by atoms with E-state index >= 15 is 0 Å². The fourth-order valence-corrected chi connectivity index (χ4v) is 7.11. The molecule has 0 spiro atoms. The minimum atomic E-state index is -3.70. The number of amides is 1. The molecule has 2 aliphatic heterocycles. The van der Waals surface area contributed by atoms with E-state index in [1.807, 2.05) is 0 Å². The molecule has 6 atom stereocenters. The summed E-state index contributed by atoms with van der Waals surface area (Å²) in [5.74, 6) is 0.471. The molecule has 1 amide bonds. The number of ether oxygens (including phenoxy) is 1. The van der Waals surface area contributed by atoms with Gasteiger partial charge in [-0.1, -0.05) is 12.1 Å². The molecule has 31 heavy (non-hydrogen) atoms. The summed E-state index contributed by atoms with van der Waals surface area (Å²) in [4.78, 5) is 12.7. The molecule has 3 N–H and O–H groups in total. The summed E-state index contributed by atoms with van der Waals surface area (Å²) in [6, 6.07) is 6.72. The molecule has 1 aromatic carbocycles. The molecule has 2 saturated heterocycles. The maximum atomic E-state index is 13.9. The number of carbonyl (C=O) groups is 1. The number of alkyl halides is 1. The van der Waals surface area contributed by atoms with E-state index in [0.29, 0.717) is 31.3 Å². The van der Waals surface area contributed by atoms with Crippen molar-refractivity contribution in [2.24, 2.45) is 5.92 Å². The number of piperidine rings is 1. The van der Waals surface area contributed by atoms with Crippen LogP contribution in [0.25, 0.3) is 0 Å². The third kappa shape index (κ3) is 4.94. The van der Waals surface area contributed by atoms with E-state index < -0.39 is 27.4 Å². The molecule has 0 aromatic heterocycles. The number of nitrogens with one attached hydrogen (secondary N) is 3. The summed E-state index contributed by atoms with van der Waals surface area (Å²) in [5, 5.41) is 8.88. The van der Waals surface area contributed by atoms with Crippen LogP contribution in [0, 0.1) is 5.92 Å². The number of carbonyl (C=O) groups excluding carboxylic acids is 1. The van der Waals surface area contributed by atoms with Crippen LogP contribution in [0.15, 0.2) is 29.2 Å². The summed E-state index contributed by atoms with van der Waals surface area (Å²) in [6.45, 7) is 2.27. The highest BCUT2D eigenvalue weighted by atomic mass is 32.2. The normalized spacial score (nSPS) is 33.6. The van der Waals surface area contributed by atoms with E-state index in [4.69, 9.17) is 4.74 Å². The van der Waals surface area contributed by atoms with E-state index in [9.17, 15) is 17.6 Å². The Morgan fingerprint density at radius 1 is 1.19 bits per heavy atom. The van der Waals surface area contributed by atoms with Gasteiger partial charge in [0.05, 0.1) is 22.3 Å². The summed E-state index contributed by atoms with van der Waals surface area (Å²) in [6.07, 6.45) is 0.954. The zero-order chi connectivity index (χ0) is 22.0. The minimum absolute atomic E-state index is 0.0229. The van der Waals surface area contributed by atoms with Gasteiger partial charge < -0.3 is 20.7 Å². The Morgan fingerprint density at radius 3 is 2.68 bits per heavy atom. The van der Waals surface area contributed by atoms with Crippen molar-refractivity contribution in [3.05, 3.63) is 29.8 Å². The third-order valence-electron chi connectivity index (χ3n) is 6.96. The van der Waals surface area contributed by atoms with Crippen molar-refractivity contribution in [1.29, 1.82) is 0 Å². The first-order valence-electron chi connectivity index (χ1n) is 11.1. The summed E-state index contributed by atoms with van der Waals surface area (Å²) < 4.78 is 45.3. The molecule has 6 unspecified atom stereocenters. The minimum Gasteiger partial charge on any atom is -0.380 e. The molecular weight excluding hydrogens is 421 g/mol. The summed E-state index contributed by atoms with van der Waals surface area (Å²) in [7, 11) is -2.22. The first kappa shape index (κ1) is 22.6. The lowest BCUT2D eigenvalue weighted by Gasteiger charge is -2.31. The molecule has 1 aromatic rings. The van der Waals surface area contributed by atoms with Crippen LogP contribution in [-0.4, -0.2) is 64.1 Å². The predicted molar refractivity (Wildman–Crippen MR) is 115 cm³/mol. The molecule has 3 fully saturated rings. The second-order valence-corrected chi connectivity index (χ2v) is 11.1. The fraction of sp³-hybridized carbons (Fsp3) is 0.682. The van der Waals surface area contributed by atoms with Crippen molar-refractivity contribution >= 4 is 15.7 Å². The van der Waals surface area contributed by atoms with E-state index in [-0.39, 0.29) is 23.3 Å². The van der Waals surface area contributed by atoms with E-state index in [1.54, 1.807) is 24.3 Å². The zero-order valence-corrected chi connectivity index (χ0v) is 18.7. The largest absolute Gasteiger partial charge is 0.380 e. The van der Waals surface area contributed by atoms with Gasteiger partial charge in [-0.3, -0.25) is 4.79 Å². The Kier molecular flexibility index (Phi) is 6.95. The number of methoxy groups -OCH3 is 1. The molecular formula is C22H32FN3O4S. The molecule has 0 radical (unpaired) electrons. The van der Waals surface area contributed by atoms with Gasteiger partial charge in [0.1, 0.15) is 6.17 Å². The number of benzene rings is 1. The molecule has 9 heteroatoms. The monoisotopic (exact) mass is 453 g/mol. The van der Waals surface area contributed by atoms with Gasteiger partial charge in [0.25, 0.3) is 0 Å².